The van der Waals surface area contributed by atoms with Crippen LogP contribution in [0.15, 0.2) is 60.7 Å². The Hall–Kier alpha value is -1.62. The second kappa shape index (κ2) is 7.33. The van der Waals surface area contributed by atoms with E-state index in [4.69, 9.17) is 32.7 Å². The SMILES string of the molecule is S=P1(N2CCOCC2)Oc2ccc3ccccc3c2CN1c1ccc(Cl)cc1. The first-order chi connectivity index (χ1) is 13.6. The van der Waals surface area contributed by atoms with Gasteiger partial charge in [0.2, 0.25) is 0 Å². The molecule has 144 valence electrons. The summed E-state index contributed by atoms with van der Waals surface area (Å²) in [6, 6.07) is 20.5. The number of hydrogen-bond donors (Lipinski definition) is 0. The Morgan fingerprint density at radius 3 is 2.46 bits per heavy atom. The number of ether oxygens (including phenoxy) is 1. The van der Waals surface area contributed by atoms with Gasteiger partial charge in [0.1, 0.15) is 5.75 Å². The molecule has 2 aliphatic heterocycles. The molecular weight excluding hydrogens is 411 g/mol. The molecule has 0 bridgehead atoms. The first kappa shape index (κ1) is 18.4. The summed E-state index contributed by atoms with van der Waals surface area (Å²) < 4.78 is 16.8. The zero-order valence-corrected chi connectivity index (χ0v) is 17.7. The summed E-state index contributed by atoms with van der Waals surface area (Å²) in [6.45, 7) is 1.17. The third-order valence-electron chi connectivity index (χ3n) is 5.30. The molecule has 0 amide bonds. The lowest BCUT2D eigenvalue weighted by Gasteiger charge is -2.47. The molecule has 1 fully saturated rings. The molecule has 5 rings (SSSR count). The van der Waals surface area contributed by atoms with Crippen LogP contribution >= 0.6 is 18.2 Å². The summed E-state index contributed by atoms with van der Waals surface area (Å²) in [5.74, 6) is 0.902. The monoisotopic (exact) mass is 430 g/mol. The zero-order chi connectivity index (χ0) is 19.1. The number of rotatable bonds is 2. The van der Waals surface area contributed by atoms with Gasteiger partial charge in [-0.1, -0.05) is 41.9 Å². The van der Waals surface area contributed by atoms with E-state index >= 15 is 0 Å². The summed E-state index contributed by atoms with van der Waals surface area (Å²) in [6.07, 6.45) is 0. The maximum atomic E-state index is 6.65. The number of morpholine rings is 1. The Balaban J connectivity index is 1.66. The Morgan fingerprint density at radius 1 is 0.929 bits per heavy atom. The van der Waals surface area contributed by atoms with E-state index in [-0.39, 0.29) is 0 Å². The number of nitrogens with zero attached hydrogens (tertiary/aromatic N) is 2. The smallest absolute Gasteiger partial charge is 0.279 e. The van der Waals surface area contributed by atoms with Gasteiger partial charge >= 0.3 is 0 Å². The van der Waals surface area contributed by atoms with Crippen LogP contribution in [0.5, 0.6) is 5.75 Å². The summed E-state index contributed by atoms with van der Waals surface area (Å²) in [5.41, 5.74) is 2.22. The van der Waals surface area contributed by atoms with E-state index in [1.165, 1.54) is 16.3 Å². The van der Waals surface area contributed by atoms with Gasteiger partial charge in [0.15, 0.2) is 0 Å². The second-order valence-corrected chi connectivity index (χ2v) is 11.0. The van der Waals surface area contributed by atoms with E-state index < -0.39 is 6.57 Å². The number of anilines is 1. The van der Waals surface area contributed by atoms with Crippen LogP contribution in [0.3, 0.4) is 0 Å². The average molecular weight is 431 g/mol. The van der Waals surface area contributed by atoms with Crippen molar-refractivity contribution in [2.24, 2.45) is 0 Å². The van der Waals surface area contributed by atoms with Gasteiger partial charge in [-0.2, -0.15) is 0 Å². The molecule has 2 heterocycles. The van der Waals surface area contributed by atoms with Crippen LogP contribution in [-0.4, -0.2) is 31.0 Å². The summed E-state index contributed by atoms with van der Waals surface area (Å²) in [5, 5.41) is 3.14. The van der Waals surface area contributed by atoms with Gasteiger partial charge in [-0.15, -0.1) is 0 Å². The number of hydrogen-bond acceptors (Lipinski definition) is 3. The van der Waals surface area contributed by atoms with Gasteiger partial charge in [-0.05, 0) is 52.9 Å². The minimum absolute atomic E-state index is 0.681. The fraction of sp³-hybridized carbons (Fsp3) is 0.238. The highest BCUT2D eigenvalue weighted by Crippen LogP contribution is 2.61. The molecule has 28 heavy (non-hydrogen) atoms. The van der Waals surface area contributed by atoms with Gasteiger partial charge in [-0.3, -0.25) is 4.67 Å². The molecule has 0 spiro atoms. The van der Waals surface area contributed by atoms with Crippen molar-refractivity contribution < 1.29 is 9.26 Å². The molecule has 0 radical (unpaired) electrons. The summed E-state index contributed by atoms with van der Waals surface area (Å²) in [4.78, 5) is 0. The molecule has 7 heteroatoms. The molecule has 3 aromatic rings. The molecule has 3 aromatic carbocycles. The van der Waals surface area contributed by atoms with Crippen LogP contribution < -0.4 is 9.19 Å². The van der Waals surface area contributed by atoms with Crippen molar-refractivity contribution in [1.82, 2.24) is 4.67 Å². The lowest BCUT2D eigenvalue weighted by molar-refractivity contribution is 0.0714. The van der Waals surface area contributed by atoms with Gasteiger partial charge in [0.25, 0.3) is 6.57 Å². The maximum Gasteiger partial charge on any atom is 0.279 e. The van der Waals surface area contributed by atoms with Crippen molar-refractivity contribution in [2.75, 3.05) is 31.0 Å². The van der Waals surface area contributed by atoms with E-state index in [2.05, 4.69) is 45.7 Å². The Bertz CT molecular complexity index is 1070. The topological polar surface area (TPSA) is 24.9 Å². The Morgan fingerprint density at radius 2 is 1.68 bits per heavy atom. The predicted molar refractivity (Wildman–Crippen MR) is 119 cm³/mol. The van der Waals surface area contributed by atoms with E-state index in [9.17, 15) is 0 Å². The zero-order valence-electron chi connectivity index (χ0n) is 15.3. The van der Waals surface area contributed by atoms with Crippen LogP contribution in [0, 0.1) is 0 Å². The number of fused-ring (bicyclic) bond motifs is 3. The highest BCUT2D eigenvalue weighted by molar-refractivity contribution is 8.12. The first-order valence-corrected chi connectivity index (χ1v) is 12.3. The lowest BCUT2D eigenvalue weighted by atomic mass is 10.0. The largest absolute Gasteiger partial charge is 0.437 e. The standard InChI is InChI=1S/C21H20ClN2O2PS/c22-17-6-8-18(9-7-17)24-15-20-19-4-2-1-3-16(19)5-10-21(20)26-27(24,28)23-11-13-25-14-12-23/h1-10H,11-15H2. The summed E-state index contributed by atoms with van der Waals surface area (Å²) >= 11 is 12.4. The number of halogens is 1. The van der Waals surface area contributed by atoms with Crippen LogP contribution in [0.25, 0.3) is 10.8 Å². The minimum atomic E-state index is -2.47. The highest BCUT2D eigenvalue weighted by Gasteiger charge is 2.41. The molecule has 2 aliphatic rings. The molecule has 1 unspecified atom stereocenters. The molecule has 1 atom stereocenters. The lowest BCUT2D eigenvalue weighted by Crippen LogP contribution is -2.42. The van der Waals surface area contributed by atoms with Gasteiger partial charge in [0.05, 0.1) is 19.8 Å². The second-order valence-electron chi connectivity index (χ2n) is 6.95. The molecule has 1 saturated heterocycles. The van der Waals surface area contributed by atoms with Crippen molar-refractivity contribution in [1.29, 1.82) is 0 Å². The maximum absolute atomic E-state index is 6.65. The average Bonchev–Trinajstić information content (AvgIpc) is 2.74. The Labute approximate surface area is 174 Å². The van der Waals surface area contributed by atoms with E-state index in [1.807, 2.05) is 24.3 Å². The van der Waals surface area contributed by atoms with Gasteiger partial charge in [0, 0.05) is 29.4 Å². The molecule has 0 saturated carbocycles. The third kappa shape index (κ3) is 3.12. The molecule has 0 aliphatic carbocycles. The minimum Gasteiger partial charge on any atom is -0.437 e. The fourth-order valence-electron chi connectivity index (χ4n) is 3.85. The predicted octanol–water partition coefficient (Wildman–Crippen LogP) is 5.45. The van der Waals surface area contributed by atoms with E-state index in [0.29, 0.717) is 24.8 Å². The van der Waals surface area contributed by atoms with Crippen LogP contribution in [-0.2, 0) is 23.1 Å². The van der Waals surface area contributed by atoms with E-state index in [0.717, 1.165) is 24.5 Å². The van der Waals surface area contributed by atoms with Crippen molar-refractivity contribution in [3.8, 4) is 5.75 Å². The highest BCUT2D eigenvalue weighted by atomic mass is 35.5. The molecular formula is C21H20ClN2O2PS. The molecule has 0 N–H and O–H groups in total. The normalized spacial score (nSPS) is 22.7. The third-order valence-corrected chi connectivity index (χ3v) is 9.59. The van der Waals surface area contributed by atoms with E-state index in [1.54, 1.807) is 0 Å². The van der Waals surface area contributed by atoms with Crippen LogP contribution in [0.4, 0.5) is 5.69 Å². The van der Waals surface area contributed by atoms with Crippen molar-refractivity contribution >= 4 is 46.4 Å². The van der Waals surface area contributed by atoms with Crippen LogP contribution in [0.2, 0.25) is 5.02 Å². The van der Waals surface area contributed by atoms with Crippen molar-refractivity contribution in [2.45, 2.75) is 6.54 Å². The van der Waals surface area contributed by atoms with Gasteiger partial charge < -0.3 is 9.26 Å². The Kier molecular flexibility index (Phi) is 4.82. The molecule has 4 nitrogen and oxygen atoms in total. The fourth-order valence-corrected chi connectivity index (χ4v) is 7.52. The summed E-state index contributed by atoms with van der Waals surface area (Å²) in [7, 11) is 0. The van der Waals surface area contributed by atoms with Crippen molar-refractivity contribution in [3.63, 3.8) is 0 Å². The van der Waals surface area contributed by atoms with Gasteiger partial charge in [-0.25, -0.2) is 4.67 Å². The van der Waals surface area contributed by atoms with Crippen molar-refractivity contribution in [3.05, 3.63) is 71.2 Å². The first-order valence-electron chi connectivity index (χ1n) is 9.32. The van der Waals surface area contributed by atoms with Crippen LogP contribution in [0.1, 0.15) is 5.56 Å². The number of benzene rings is 3. The quantitative estimate of drug-likeness (QED) is 0.503. The molecule has 0 aromatic heterocycles.